The van der Waals surface area contributed by atoms with Crippen molar-refractivity contribution < 1.29 is 51.4 Å². The summed E-state index contributed by atoms with van der Waals surface area (Å²) in [6, 6.07) is 5.12. The number of rotatable bonds is 1. The van der Waals surface area contributed by atoms with Crippen molar-refractivity contribution in [2.75, 3.05) is 0 Å². The zero-order valence-electron chi connectivity index (χ0n) is 6.91. The van der Waals surface area contributed by atoms with Crippen LogP contribution >= 0.6 is 11.6 Å². The van der Waals surface area contributed by atoms with E-state index in [4.69, 9.17) is 11.6 Å². The first-order valence-corrected chi connectivity index (χ1v) is 3.41. The smallest absolute Gasteiger partial charge is 0.775 e. The van der Waals surface area contributed by atoms with Crippen LogP contribution in [0.4, 0.5) is 5.69 Å². The molecule has 1 aromatic carbocycles. The average molecular weight is 209 g/mol. The van der Waals surface area contributed by atoms with E-state index in [2.05, 4.69) is 10.4 Å². The predicted molar refractivity (Wildman–Crippen MR) is 44.1 cm³/mol. The molecular weight excluding hydrogens is 203 g/mol. The Morgan fingerprint density at radius 3 is 2.67 bits per heavy atom. The van der Waals surface area contributed by atoms with Crippen LogP contribution in [0.1, 0.15) is 5.56 Å². The number of hydrogen-bond donors (Lipinski definition) is 0. The molecule has 1 rings (SSSR count). The number of halogens is 1. The van der Waals surface area contributed by atoms with E-state index >= 15 is 0 Å². The number of hydrogen-bond acceptors (Lipinski definition) is 3. The first-order chi connectivity index (χ1) is 5.24. The Kier molecular flexibility index (Phi) is 6.35. The fraction of sp³-hybridized carbons (Fsp3) is 0.143. The van der Waals surface area contributed by atoms with E-state index in [1.165, 1.54) is 0 Å². The van der Waals surface area contributed by atoms with Gasteiger partial charge in [-0.3, -0.25) is 0 Å². The SMILES string of the molecule is Cc1ccc(Cl)cc1N=N[O-].[K+]. The van der Waals surface area contributed by atoms with Crippen LogP contribution in [0.2, 0.25) is 5.02 Å². The average Bonchev–Trinajstić information content (AvgIpc) is 1.98. The number of aryl methyl sites for hydroxylation is 1. The topological polar surface area (TPSA) is 47.8 Å². The van der Waals surface area contributed by atoms with Gasteiger partial charge in [0.25, 0.3) is 0 Å². The molecule has 0 N–H and O–H groups in total. The quantitative estimate of drug-likeness (QED) is 0.370. The third-order valence-corrected chi connectivity index (χ3v) is 1.55. The molecule has 0 fully saturated rings. The summed E-state index contributed by atoms with van der Waals surface area (Å²) in [6.45, 7) is 1.83. The van der Waals surface area contributed by atoms with Crippen molar-refractivity contribution in [2.45, 2.75) is 6.92 Å². The Labute approximate surface area is 118 Å². The molecule has 58 valence electrons. The van der Waals surface area contributed by atoms with Gasteiger partial charge in [0.15, 0.2) is 0 Å². The van der Waals surface area contributed by atoms with E-state index in [9.17, 15) is 5.21 Å². The Bertz CT molecular complexity index is 291. The van der Waals surface area contributed by atoms with Crippen molar-refractivity contribution in [3.05, 3.63) is 34.0 Å². The van der Waals surface area contributed by atoms with Crippen LogP contribution in [-0.4, -0.2) is 0 Å². The van der Waals surface area contributed by atoms with Crippen LogP contribution in [0.15, 0.2) is 28.6 Å². The number of benzene rings is 1. The minimum absolute atomic E-state index is 0. The van der Waals surface area contributed by atoms with Crippen molar-refractivity contribution in [1.82, 2.24) is 0 Å². The van der Waals surface area contributed by atoms with Crippen molar-refractivity contribution in [2.24, 2.45) is 10.4 Å². The fourth-order valence-corrected chi connectivity index (χ4v) is 0.901. The van der Waals surface area contributed by atoms with E-state index in [0.29, 0.717) is 10.7 Å². The molecule has 0 saturated carbocycles. The molecule has 5 heteroatoms. The minimum Gasteiger partial charge on any atom is -0.775 e. The van der Waals surface area contributed by atoms with Gasteiger partial charge in [0.05, 0.1) is 5.69 Å². The second-order valence-electron chi connectivity index (χ2n) is 2.11. The van der Waals surface area contributed by atoms with Gasteiger partial charge >= 0.3 is 51.4 Å². The Hall–Kier alpha value is 0.546. The normalized spacial score (nSPS) is 9.83. The summed E-state index contributed by atoms with van der Waals surface area (Å²) in [6.07, 6.45) is 0. The molecule has 0 aliphatic carbocycles. The van der Waals surface area contributed by atoms with Crippen molar-refractivity contribution in [1.29, 1.82) is 0 Å². The van der Waals surface area contributed by atoms with Crippen molar-refractivity contribution >= 4 is 17.3 Å². The van der Waals surface area contributed by atoms with E-state index < -0.39 is 0 Å². The van der Waals surface area contributed by atoms with Gasteiger partial charge in [-0.2, -0.15) is 5.11 Å². The van der Waals surface area contributed by atoms with E-state index in [0.717, 1.165) is 5.56 Å². The second kappa shape index (κ2) is 6.07. The second-order valence-corrected chi connectivity index (χ2v) is 2.55. The van der Waals surface area contributed by atoms with Gasteiger partial charge in [0.2, 0.25) is 0 Å². The molecule has 0 amide bonds. The van der Waals surface area contributed by atoms with Crippen LogP contribution in [0.3, 0.4) is 0 Å². The van der Waals surface area contributed by atoms with Gasteiger partial charge in [-0.05, 0) is 24.6 Å². The van der Waals surface area contributed by atoms with Crippen LogP contribution < -0.4 is 51.4 Å². The molecule has 12 heavy (non-hydrogen) atoms. The van der Waals surface area contributed by atoms with E-state index in [1.54, 1.807) is 18.2 Å². The molecular formula is C7H6ClKN2O. The first-order valence-electron chi connectivity index (χ1n) is 3.03. The van der Waals surface area contributed by atoms with Crippen LogP contribution in [0, 0.1) is 12.1 Å². The van der Waals surface area contributed by atoms with Crippen molar-refractivity contribution in [3.8, 4) is 0 Å². The van der Waals surface area contributed by atoms with E-state index in [1.807, 2.05) is 6.92 Å². The molecule has 1 aromatic rings. The monoisotopic (exact) mass is 208 g/mol. The summed E-state index contributed by atoms with van der Waals surface area (Å²) in [5.74, 6) is 0. The Balaban J connectivity index is 0.00000121. The molecule has 0 atom stereocenters. The summed E-state index contributed by atoms with van der Waals surface area (Å²) in [5, 5.41) is 16.1. The van der Waals surface area contributed by atoms with Gasteiger partial charge in [0.1, 0.15) is 0 Å². The Morgan fingerprint density at radius 2 is 2.08 bits per heavy atom. The predicted octanol–water partition coefficient (Wildman–Crippen LogP) is 0.234. The summed E-state index contributed by atoms with van der Waals surface area (Å²) < 4.78 is 0. The standard InChI is InChI=1S/C7H7ClN2O.K/c1-5-2-3-6(8)4-7(5)9-10-11;/h2-4H,1H3,(H,9,11);/q;+1/p-1. The molecule has 0 radical (unpaired) electrons. The Morgan fingerprint density at radius 1 is 1.42 bits per heavy atom. The molecule has 0 heterocycles. The molecule has 0 aromatic heterocycles. The molecule has 0 unspecified atom stereocenters. The third kappa shape index (κ3) is 3.51. The first kappa shape index (κ1) is 12.5. The largest absolute Gasteiger partial charge is 1.00 e. The molecule has 0 spiro atoms. The summed E-state index contributed by atoms with van der Waals surface area (Å²) in [7, 11) is 0. The zero-order chi connectivity index (χ0) is 8.27. The fourth-order valence-electron chi connectivity index (χ4n) is 0.734. The van der Waals surface area contributed by atoms with Gasteiger partial charge in [0, 0.05) is 5.02 Å². The van der Waals surface area contributed by atoms with Crippen molar-refractivity contribution in [3.63, 3.8) is 0 Å². The maximum atomic E-state index is 9.78. The maximum absolute atomic E-state index is 9.78. The van der Waals surface area contributed by atoms with Gasteiger partial charge < -0.3 is 5.21 Å². The molecule has 0 aliphatic rings. The number of nitrogens with zero attached hydrogens (tertiary/aromatic N) is 2. The minimum atomic E-state index is 0. The van der Waals surface area contributed by atoms with Crippen LogP contribution in [0.5, 0.6) is 0 Å². The van der Waals surface area contributed by atoms with Gasteiger partial charge in [-0.25, -0.2) is 5.28 Å². The summed E-state index contributed by atoms with van der Waals surface area (Å²) >= 11 is 5.65. The van der Waals surface area contributed by atoms with Crippen LogP contribution in [-0.2, 0) is 0 Å². The molecule has 0 aliphatic heterocycles. The molecule has 0 bridgehead atoms. The zero-order valence-corrected chi connectivity index (χ0v) is 10.8. The summed E-state index contributed by atoms with van der Waals surface area (Å²) in [4.78, 5) is 0. The van der Waals surface area contributed by atoms with E-state index in [-0.39, 0.29) is 51.4 Å². The van der Waals surface area contributed by atoms with Gasteiger partial charge in [-0.15, -0.1) is 0 Å². The maximum Gasteiger partial charge on any atom is 1.00 e. The molecule has 0 saturated heterocycles. The third-order valence-electron chi connectivity index (χ3n) is 1.32. The van der Waals surface area contributed by atoms with Gasteiger partial charge in [-0.1, -0.05) is 17.7 Å². The summed E-state index contributed by atoms with van der Waals surface area (Å²) in [5.41, 5.74) is 1.40. The molecule has 3 nitrogen and oxygen atoms in total. The van der Waals surface area contributed by atoms with Crippen LogP contribution in [0.25, 0.3) is 0 Å².